The van der Waals surface area contributed by atoms with Gasteiger partial charge in [-0.2, -0.15) is 0 Å². The van der Waals surface area contributed by atoms with E-state index < -0.39 is 0 Å². The van der Waals surface area contributed by atoms with Crippen molar-refractivity contribution >= 4 is 38.6 Å². The van der Waals surface area contributed by atoms with Crippen molar-refractivity contribution in [2.75, 3.05) is 4.90 Å². The van der Waals surface area contributed by atoms with Crippen molar-refractivity contribution in [2.24, 2.45) is 0 Å². The van der Waals surface area contributed by atoms with Crippen molar-refractivity contribution in [3.8, 4) is 55.6 Å². The highest BCUT2D eigenvalue weighted by atomic mass is 15.1. The third-order valence-corrected chi connectivity index (χ3v) is 12.7. The Bertz CT molecular complexity index is 3240. The molecule has 0 atom stereocenters. The largest absolute Gasteiger partial charge is 0.309 e. The molecule has 11 rings (SSSR count). The smallest absolute Gasteiger partial charge is 0.0540 e. The minimum Gasteiger partial charge on any atom is -0.309 e. The van der Waals surface area contributed by atoms with Crippen LogP contribution in [0.1, 0.15) is 25.0 Å². The average Bonchev–Trinajstić information content (AvgIpc) is 3.55. The van der Waals surface area contributed by atoms with Gasteiger partial charge in [-0.3, -0.25) is 0 Å². The van der Waals surface area contributed by atoms with Gasteiger partial charge in [0.1, 0.15) is 0 Å². The first kappa shape index (κ1) is 35.7. The normalized spacial score (nSPS) is 12.6. The van der Waals surface area contributed by atoms with Crippen molar-refractivity contribution in [1.29, 1.82) is 0 Å². The first-order valence-electron chi connectivity index (χ1n) is 20.9. The SMILES string of the molecule is CC1(C)c2ccccc2-c2c(-c3ccccc3N(c3ccccc3-c3ccccc3-c3ccccc3-c3ccccc3)c3cccc4c3ccc3ccccc34)cccc21. The fraction of sp³-hybridized carbons (Fsp3) is 0.0508. The molecule has 0 aromatic heterocycles. The Morgan fingerprint density at radius 3 is 1.48 bits per heavy atom. The lowest BCUT2D eigenvalue weighted by Crippen LogP contribution is -2.15. The predicted octanol–water partition coefficient (Wildman–Crippen LogP) is 16.4. The molecule has 0 amide bonds. The lowest BCUT2D eigenvalue weighted by Gasteiger charge is -2.32. The molecular formula is C59H43N. The molecule has 0 radical (unpaired) electrons. The maximum atomic E-state index is 2.53. The lowest BCUT2D eigenvalue weighted by molar-refractivity contribution is 0.660. The van der Waals surface area contributed by atoms with E-state index in [4.69, 9.17) is 0 Å². The predicted molar refractivity (Wildman–Crippen MR) is 255 cm³/mol. The van der Waals surface area contributed by atoms with E-state index >= 15 is 0 Å². The summed E-state index contributed by atoms with van der Waals surface area (Å²) in [6.07, 6.45) is 0. The number of fused-ring (bicyclic) bond motifs is 6. The summed E-state index contributed by atoms with van der Waals surface area (Å²) in [4.78, 5) is 2.53. The molecule has 0 spiro atoms. The molecule has 10 aromatic carbocycles. The van der Waals surface area contributed by atoms with E-state index in [1.165, 1.54) is 82.7 Å². The van der Waals surface area contributed by atoms with Crippen LogP contribution in [-0.2, 0) is 5.41 Å². The summed E-state index contributed by atoms with van der Waals surface area (Å²) in [6.45, 7) is 4.73. The molecule has 284 valence electrons. The van der Waals surface area contributed by atoms with E-state index in [0.29, 0.717) is 0 Å². The van der Waals surface area contributed by atoms with Gasteiger partial charge in [0.2, 0.25) is 0 Å². The first-order chi connectivity index (χ1) is 29.6. The van der Waals surface area contributed by atoms with Gasteiger partial charge in [-0.1, -0.05) is 220 Å². The van der Waals surface area contributed by atoms with Gasteiger partial charge in [0.05, 0.1) is 17.1 Å². The first-order valence-corrected chi connectivity index (χ1v) is 20.9. The number of para-hydroxylation sites is 2. The van der Waals surface area contributed by atoms with E-state index in [0.717, 1.165) is 22.6 Å². The zero-order valence-electron chi connectivity index (χ0n) is 33.8. The highest BCUT2D eigenvalue weighted by molar-refractivity contribution is 6.14. The summed E-state index contributed by atoms with van der Waals surface area (Å²) in [5.74, 6) is 0. The topological polar surface area (TPSA) is 3.24 Å². The van der Waals surface area contributed by atoms with Crippen LogP contribution in [0.4, 0.5) is 17.1 Å². The third-order valence-electron chi connectivity index (χ3n) is 12.7. The van der Waals surface area contributed by atoms with Crippen LogP contribution in [0, 0.1) is 0 Å². The third kappa shape index (κ3) is 5.69. The minimum absolute atomic E-state index is 0.112. The fourth-order valence-corrected chi connectivity index (χ4v) is 9.92. The Morgan fingerprint density at radius 2 is 0.750 bits per heavy atom. The van der Waals surface area contributed by atoms with E-state index in [-0.39, 0.29) is 5.41 Å². The molecule has 0 saturated carbocycles. The maximum Gasteiger partial charge on any atom is 0.0540 e. The highest BCUT2D eigenvalue weighted by Gasteiger charge is 2.37. The molecule has 0 unspecified atom stereocenters. The lowest BCUT2D eigenvalue weighted by atomic mass is 9.82. The number of nitrogens with zero attached hydrogens (tertiary/aromatic N) is 1. The zero-order chi connectivity index (χ0) is 40.2. The van der Waals surface area contributed by atoms with Crippen LogP contribution in [-0.4, -0.2) is 0 Å². The molecule has 60 heavy (non-hydrogen) atoms. The summed E-state index contributed by atoms with van der Waals surface area (Å²) in [5, 5.41) is 4.93. The van der Waals surface area contributed by atoms with Crippen molar-refractivity contribution in [2.45, 2.75) is 19.3 Å². The van der Waals surface area contributed by atoms with Gasteiger partial charge in [-0.25, -0.2) is 0 Å². The summed E-state index contributed by atoms with van der Waals surface area (Å²) < 4.78 is 0. The van der Waals surface area contributed by atoms with Crippen LogP contribution >= 0.6 is 0 Å². The molecule has 0 fully saturated rings. The molecule has 1 aliphatic carbocycles. The zero-order valence-corrected chi connectivity index (χ0v) is 33.8. The maximum absolute atomic E-state index is 2.53. The van der Waals surface area contributed by atoms with Crippen molar-refractivity contribution in [1.82, 2.24) is 0 Å². The van der Waals surface area contributed by atoms with Crippen LogP contribution < -0.4 is 4.90 Å². The summed E-state index contributed by atoms with van der Waals surface area (Å²) in [6, 6.07) is 82.5. The number of benzene rings is 10. The van der Waals surface area contributed by atoms with Crippen molar-refractivity contribution < 1.29 is 0 Å². The average molecular weight is 766 g/mol. The second-order valence-corrected chi connectivity index (χ2v) is 16.4. The molecule has 0 N–H and O–H groups in total. The Labute approximate surface area is 352 Å². The van der Waals surface area contributed by atoms with Gasteiger partial charge in [-0.05, 0) is 90.0 Å². The number of rotatable bonds is 7. The molecule has 0 saturated heterocycles. The molecule has 0 aliphatic heterocycles. The van der Waals surface area contributed by atoms with Crippen LogP contribution in [0.3, 0.4) is 0 Å². The molecular weight excluding hydrogens is 723 g/mol. The van der Waals surface area contributed by atoms with Crippen LogP contribution in [0.15, 0.2) is 224 Å². The minimum atomic E-state index is -0.112. The van der Waals surface area contributed by atoms with E-state index in [1.54, 1.807) is 0 Å². The number of hydrogen-bond donors (Lipinski definition) is 0. The van der Waals surface area contributed by atoms with E-state index in [9.17, 15) is 0 Å². The summed E-state index contributed by atoms with van der Waals surface area (Å²) in [5.41, 5.74) is 18.2. The van der Waals surface area contributed by atoms with Crippen molar-refractivity contribution in [3.05, 3.63) is 236 Å². The molecule has 0 bridgehead atoms. The Kier molecular flexibility index (Phi) is 8.57. The Morgan fingerprint density at radius 1 is 0.283 bits per heavy atom. The number of anilines is 3. The number of hydrogen-bond acceptors (Lipinski definition) is 1. The van der Waals surface area contributed by atoms with Crippen molar-refractivity contribution in [3.63, 3.8) is 0 Å². The van der Waals surface area contributed by atoms with Crippen LogP contribution in [0.5, 0.6) is 0 Å². The Hall–Kier alpha value is -7.48. The summed E-state index contributed by atoms with van der Waals surface area (Å²) >= 11 is 0. The Balaban J connectivity index is 1.20. The van der Waals surface area contributed by atoms with Gasteiger partial charge in [0.15, 0.2) is 0 Å². The quantitative estimate of drug-likeness (QED) is 0.146. The van der Waals surface area contributed by atoms with Gasteiger partial charge in [0, 0.05) is 21.9 Å². The monoisotopic (exact) mass is 765 g/mol. The van der Waals surface area contributed by atoms with Gasteiger partial charge >= 0.3 is 0 Å². The van der Waals surface area contributed by atoms with Gasteiger partial charge in [0.25, 0.3) is 0 Å². The molecule has 0 heterocycles. The standard InChI is InChI=1S/C59H43N/c1-59(2)53-33-15-12-30-52(53)58-51(32-18-34-54(58)59)49-29-14-17-36-56(49)60(57-37-19-31-45-43-23-7-6-22-41(43)38-39-50(45)57)55-35-16-13-28-48(55)47-27-11-10-26-46(47)44-25-9-8-24-42(44)40-20-4-3-5-21-40/h3-39H,1-2H3. The molecule has 1 nitrogen and oxygen atoms in total. The van der Waals surface area contributed by atoms with Crippen LogP contribution in [0.25, 0.3) is 77.2 Å². The summed E-state index contributed by atoms with van der Waals surface area (Å²) in [7, 11) is 0. The molecule has 1 heteroatoms. The fourth-order valence-electron chi connectivity index (χ4n) is 9.92. The second kappa shape index (κ2) is 14.4. The van der Waals surface area contributed by atoms with E-state index in [1.807, 2.05) is 0 Å². The molecule has 1 aliphatic rings. The second-order valence-electron chi connectivity index (χ2n) is 16.4. The van der Waals surface area contributed by atoms with Gasteiger partial charge < -0.3 is 4.90 Å². The molecule has 10 aromatic rings. The van der Waals surface area contributed by atoms with E-state index in [2.05, 4.69) is 243 Å². The van der Waals surface area contributed by atoms with Crippen LogP contribution in [0.2, 0.25) is 0 Å². The van der Waals surface area contributed by atoms with Gasteiger partial charge in [-0.15, -0.1) is 0 Å². The highest BCUT2D eigenvalue weighted by Crippen LogP contribution is 2.55.